The highest BCUT2D eigenvalue weighted by molar-refractivity contribution is 5.42. The van der Waals surface area contributed by atoms with E-state index in [0.29, 0.717) is 6.04 Å². The van der Waals surface area contributed by atoms with Gasteiger partial charge in [0, 0.05) is 24.0 Å². The van der Waals surface area contributed by atoms with Crippen LogP contribution in [0.4, 0.5) is 10.1 Å². The van der Waals surface area contributed by atoms with Crippen molar-refractivity contribution in [2.75, 3.05) is 5.32 Å². The van der Waals surface area contributed by atoms with Crippen LogP contribution in [-0.4, -0.2) is 11.0 Å². The van der Waals surface area contributed by atoms with Crippen molar-refractivity contribution in [3.63, 3.8) is 0 Å². The van der Waals surface area contributed by atoms with Gasteiger partial charge in [-0.25, -0.2) is 4.98 Å². The first-order valence-corrected chi connectivity index (χ1v) is 6.01. The van der Waals surface area contributed by atoms with Crippen molar-refractivity contribution in [1.82, 2.24) is 4.98 Å². The lowest BCUT2D eigenvalue weighted by molar-refractivity contribution is 0.281. The predicted octanol–water partition coefficient (Wildman–Crippen LogP) is 3.46. The van der Waals surface area contributed by atoms with Crippen LogP contribution >= 0.6 is 0 Å². The molecular weight excluding hydrogens is 203 g/mol. The van der Waals surface area contributed by atoms with Gasteiger partial charge in [0.05, 0.1) is 0 Å². The molecule has 1 aromatic heterocycles. The highest BCUT2D eigenvalue weighted by atomic mass is 19.1. The summed E-state index contributed by atoms with van der Waals surface area (Å²) in [5.41, 5.74) is 0.846. The lowest BCUT2D eigenvalue weighted by Gasteiger charge is -2.32. The van der Waals surface area contributed by atoms with E-state index in [1.54, 1.807) is 0 Å². The molecule has 2 nitrogen and oxygen atoms in total. The van der Waals surface area contributed by atoms with Gasteiger partial charge in [0.25, 0.3) is 0 Å². The number of hydrogen-bond acceptors (Lipinski definition) is 2. The Hall–Kier alpha value is -1.12. The van der Waals surface area contributed by atoms with Gasteiger partial charge in [0.2, 0.25) is 5.95 Å². The number of nitrogens with zero attached hydrogens (tertiary/aromatic N) is 1. The highest BCUT2D eigenvalue weighted by Gasteiger charge is 2.23. The molecule has 88 valence electrons. The van der Waals surface area contributed by atoms with Crippen molar-refractivity contribution in [2.45, 2.75) is 39.2 Å². The van der Waals surface area contributed by atoms with Crippen molar-refractivity contribution in [1.29, 1.82) is 0 Å². The number of hydrogen-bond donors (Lipinski definition) is 1. The Morgan fingerprint density at radius 3 is 2.56 bits per heavy atom. The van der Waals surface area contributed by atoms with Gasteiger partial charge in [0.15, 0.2) is 0 Å². The molecule has 1 aliphatic carbocycles. The summed E-state index contributed by atoms with van der Waals surface area (Å²) in [5, 5.41) is 3.40. The standard InChI is InChI=1S/C13H19FN2/c1-9-5-10(2)7-12(6-9)16-11-3-4-15-13(14)8-11/h3-4,8-10,12H,5-7H2,1-2H3,(H,15,16). The maximum absolute atomic E-state index is 12.9. The summed E-state index contributed by atoms with van der Waals surface area (Å²) in [6, 6.07) is 3.76. The van der Waals surface area contributed by atoms with Gasteiger partial charge in [-0.1, -0.05) is 13.8 Å². The molecule has 0 bridgehead atoms. The maximum Gasteiger partial charge on any atom is 0.214 e. The van der Waals surface area contributed by atoms with Crippen LogP contribution < -0.4 is 5.32 Å². The topological polar surface area (TPSA) is 24.9 Å². The zero-order valence-corrected chi connectivity index (χ0v) is 9.91. The Morgan fingerprint density at radius 2 is 1.94 bits per heavy atom. The van der Waals surface area contributed by atoms with Crippen LogP contribution in [0, 0.1) is 17.8 Å². The summed E-state index contributed by atoms with van der Waals surface area (Å²) in [5.74, 6) is 1.10. The number of pyridine rings is 1. The van der Waals surface area contributed by atoms with E-state index in [0.717, 1.165) is 17.5 Å². The van der Waals surface area contributed by atoms with E-state index in [4.69, 9.17) is 0 Å². The molecule has 0 saturated heterocycles. The first kappa shape index (κ1) is 11.4. The van der Waals surface area contributed by atoms with Gasteiger partial charge in [-0.2, -0.15) is 4.39 Å². The fraction of sp³-hybridized carbons (Fsp3) is 0.615. The molecule has 0 aromatic carbocycles. The average molecular weight is 222 g/mol. The first-order valence-electron chi connectivity index (χ1n) is 6.01. The molecular formula is C13H19FN2. The molecule has 2 atom stereocenters. The van der Waals surface area contributed by atoms with Crippen molar-refractivity contribution in [3.05, 3.63) is 24.3 Å². The van der Waals surface area contributed by atoms with Crippen LogP contribution in [0.15, 0.2) is 18.3 Å². The lowest BCUT2D eigenvalue weighted by atomic mass is 9.80. The van der Waals surface area contributed by atoms with E-state index < -0.39 is 5.95 Å². The second kappa shape index (κ2) is 4.81. The molecule has 0 spiro atoms. The van der Waals surface area contributed by atoms with Crippen LogP contribution in [0.2, 0.25) is 0 Å². The summed E-state index contributed by atoms with van der Waals surface area (Å²) in [7, 11) is 0. The molecule has 1 aliphatic rings. The minimum atomic E-state index is -0.415. The van der Waals surface area contributed by atoms with Gasteiger partial charge in [-0.3, -0.25) is 0 Å². The van der Waals surface area contributed by atoms with Gasteiger partial charge >= 0.3 is 0 Å². The molecule has 2 rings (SSSR count). The third-order valence-electron chi connectivity index (χ3n) is 3.28. The van der Waals surface area contributed by atoms with Crippen LogP contribution in [-0.2, 0) is 0 Å². The average Bonchev–Trinajstić information content (AvgIpc) is 2.15. The Morgan fingerprint density at radius 1 is 1.25 bits per heavy atom. The summed E-state index contributed by atoms with van der Waals surface area (Å²) in [6.45, 7) is 4.58. The van der Waals surface area contributed by atoms with Crippen LogP contribution in [0.3, 0.4) is 0 Å². The second-order valence-corrected chi connectivity index (χ2v) is 5.13. The maximum atomic E-state index is 12.9. The monoisotopic (exact) mass is 222 g/mol. The lowest BCUT2D eigenvalue weighted by Crippen LogP contribution is -2.30. The molecule has 1 saturated carbocycles. The van der Waals surface area contributed by atoms with Crippen LogP contribution in [0.5, 0.6) is 0 Å². The summed E-state index contributed by atoms with van der Waals surface area (Å²) < 4.78 is 12.9. The molecule has 0 aliphatic heterocycles. The van der Waals surface area contributed by atoms with E-state index in [9.17, 15) is 4.39 Å². The zero-order chi connectivity index (χ0) is 11.5. The molecule has 1 aromatic rings. The predicted molar refractivity (Wildman–Crippen MR) is 63.8 cm³/mol. The van der Waals surface area contributed by atoms with Crippen molar-refractivity contribution in [3.8, 4) is 0 Å². The molecule has 0 radical (unpaired) electrons. The van der Waals surface area contributed by atoms with Gasteiger partial charge in [-0.15, -0.1) is 0 Å². The Labute approximate surface area is 96.3 Å². The van der Waals surface area contributed by atoms with Crippen molar-refractivity contribution in [2.24, 2.45) is 11.8 Å². The number of halogens is 1. The molecule has 2 unspecified atom stereocenters. The highest BCUT2D eigenvalue weighted by Crippen LogP contribution is 2.30. The largest absolute Gasteiger partial charge is 0.382 e. The van der Waals surface area contributed by atoms with Crippen LogP contribution in [0.1, 0.15) is 33.1 Å². The van der Waals surface area contributed by atoms with E-state index in [1.807, 2.05) is 6.07 Å². The van der Waals surface area contributed by atoms with E-state index in [1.165, 1.54) is 31.5 Å². The molecule has 0 amide bonds. The van der Waals surface area contributed by atoms with Gasteiger partial charge in [0.1, 0.15) is 0 Å². The molecule has 1 heterocycles. The smallest absolute Gasteiger partial charge is 0.214 e. The molecule has 16 heavy (non-hydrogen) atoms. The molecule has 3 heteroatoms. The number of nitrogens with one attached hydrogen (secondary N) is 1. The first-order chi connectivity index (χ1) is 7.63. The Kier molecular flexibility index (Phi) is 3.42. The summed E-state index contributed by atoms with van der Waals surface area (Å²) in [6.07, 6.45) is 5.17. The third-order valence-corrected chi connectivity index (χ3v) is 3.28. The number of aromatic nitrogens is 1. The minimum Gasteiger partial charge on any atom is -0.382 e. The Balaban J connectivity index is 1.98. The SMILES string of the molecule is CC1CC(C)CC(Nc2ccnc(F)c2)C1. The fourth-order valence-electron chi connectivity index (χ4n) is 2.79. The van der Waals surface area contributed by atoms with Crippen molar-refractivity contribution >= 4 is 5.69 Å². The van der Waals surface area contributed by atoms with E-state index >= 15 is 0 Å². The third kappa shape index (κ3) is 2.94. The van der Waals surface area contributed by atoms with Crippen molar-refractivity contribution < 1.29 is 4.39 Å². The molecule has 1 N–H and O–H groups in total. The number of anilines is 1. The molecule has 1 fully saturated rings. The second-order valence-electron chi connectivity index (χ2n) is 5.13. The van der Waals surface area contributed by atoms with E-state index in [-0.39, 0.29) is 0 Å². The normalized spacial score (nSPS) is 30.1. The van der Waals surface area contributed by atoms with Crippen LogP contribution in [0.25, 0.3) is 0 Å². The van der Waals surface area contributed by atoms with Gasteiger partial charge in [-0.05, 0) is 37.2 Å². The fourth-order valence-corrected chi connectivity index (χ4v) is 2.79. The minimum absolute atomic E-state index is 0.415. The summed E-state index contributed by atoms with van der Waals surface area (Å²) in [4.78, 5) is 3.56. The zero-order valence-electron chi connectivity index (χ0n) is 9.91. The Bertz CT molecular complexity index is 344. The van der Waals surface area contributed by atoms with E-state index in [2.05, 4.69) is 24.1 Å². The quantitative estimate of drug-likeness (QED) is 0.775. The van der Waals surface area contributed by atoms with Gasteiger partial charge < -0.3 is 5.32 Å². The summed E-state index contributed by atoms with van der Waals surface area (Å²) >= 11 is 0. The number of rotatable bonds is 2.